The van der Waals surface area contributed by atoms with Crippen LogP contribution in [0.2, 0.25) is 0 Å². The molecule has 0 atom stereocenters. The van der Waals surface area contributed by atoms with Crippen LogP contribution in [0, 0.1) is 11.3 Å². The smallest absolute Gasteiger partial charge is 0.0670 e. The molecule has 14 heavy (non-hydrogen) atoms. The molecule has 4 heteroatoms. The molecule has 2 aromatic rings. The third kappa shape index (κ3) is 1.35. The average molecular weight is 220 g/mol. The molecular weight excluding hydrogens is 212 g/mol. The summed E-state index contributed by atoms with van der Waals surface area (Å²) in [6.07, 6.45) is 0.358. The maximum absolute atomic E-state index is 8.71. The molecule has 0 fully saturated rings. The van der Waals surface area contributed by atoms with Gasteiger partial charge in [0, 0.05) is 20.4 Å². The third-order valence-electron chi connectivity index (χ3n) is 2.11. The lowest BCUT2D eigenvalue weighted by molar-refractivity contribution is 1.22. The van der Waals surface area contributed by atoms with Crippen molar-refractivity contribution in [3.63, 3.8) is 0 Å². The fourth-order valence-electron chi connectivity index (χ4n) is 1.47. The van der Waals surface area contributed by atoms with Crippen LogP contribution in [0.15, 0.2) is 22.4 Å². The van der Waals surface area contributed by atoms with Crippen LogP contribution in [-0.4, -0.2) is 0 Å². The van der Waals surface area contributed by atoms with Crippen molar-refractivity contribution in [3.05, 3.63) is 23.1 Å². The Labute approximate surface area is 91.4 Å². The number of thiophene rings is 1. The van der Waals surface area contributed by atoms with E-state index < -0.39 is 0 Å². The molecule has 0 saturated carbocycles. The monoisotopic (exact) mass is 220 g/mol. The number of nitrogen functional groups attached to an aromatic ring is 1. The molecule has 2 N–H and O–H groups in total. The zero-order chi connectivity index (χ0) is 10.1. The van der Waals surface area contributed by atoms with E-state index in [1.165, 1.54) is 0 Å². The largest absolute Gasteiger partial charge is 0.398 e. The summed E-state index contributed by atoms with van der Waals surface area (Å²) in [5.41, 5.74) is 7.52. The number of thiol groups is 1. The number of rotatable bonds is 1. The Hall–Kier alpha value is -1.18. The van der Waals surface area contributed by atoms with Crippen molar-refractivity contribution in [1.29, 1.82) is 5.26 Å². The van der Waals surface area contributed by atoms with Gasteiger partial charge < -0.3 is 5.73 Å². The second-order valence-electron chi connectivity index (χ2n) is 2.96. The first-order valence-corrected chi connectivity index (χ1v) is 5.41. The third-order valence-corrected chi connectivity index (χ3v) is 3.49. The predicted molar refractivity (Wildman–Crippen MR) is 62.8 cm³/mol. The predicted octanol–water partition coefficient (Wildman–Crippen LogP) is 2.84. The van der Waals surface area contributed by atoms with E-state index in [1.807, 2.05) is 17.5 Å². The van der Waals surface area contributed by atoms with E-state index >= 15 is 0 Å². The minimum atomic E-state index is 0.358. The second-order valence-corrected chi connectivity index (χ2v) is 4.36. The summed E-state index contributed by atoms with van der Waals surface area (Å²) >= 11 is 5.92. The number of nitrogens with zero attached hydrogens (tertiary/aromatic N) is 1. The Bertz CT molecular complexity index is 523. The van der Waals surface area contributed by atoms with Gasteiger partial charge in [0.2, 0.25) is 0 Å². The average Bonchev–Trinajstić information content (AvgIpc) is 2.53. The van der Waals surface area contributed by atoms with Gasteiger partial charge in [-0.05, 0) is 17.7 Å². The lowest BCUT2D eigenvalue weighted by Gasteiger charge is -2.03. The Morgan fingerprint density at radius 3 is 3.00 bits per heavy atom. The van der Waals surface area contributed by atoms with Gasteiger partial charge in [0.05, 0.1) is 18.2 Å². The van der Waals surface area contributed by atoms with Crippen molar-refractivity contribution >= 4 is 39.7 Å². The molecule has 0 amide bonds. The van der Waals surface area contributed by atoms with Crippen LogP contribution in [0.4, 0.5) is 5.69 Å². The summed E-state index contributed by atoms with van der Waals surface area (Å²) < 4.78 is 1.12. The molecule has 0 spiro atoms. The first-order valence-electron chi connectivity index (χ1n) is 4.08. The minimum absolute atomic E-state index is 0.358. The van der Waals surface area contributed by atoms with Gasteiger partial charge in [-0.2, -0.15) is 5.26 Å². The Morgan fingerprint density at radius 1 is 1.50 bits per heavy atom. The molecule has 0 radical (unpaired) electrons. The van der Waals surface area contributed by atoms with E-state index in [9.17, 15) is 0 Å². The normalized spacial score (nSPS) is 10.3. The highest BCUT2D eigenvalue weighted by Crippen LogP contribution is 2.34. The first kappa shape index (κ1) is 9.38. The lowest BCUT2D eigenvalue weighted by Crippen LogP contribution is -1.89. The van der Waals surface area contributed by atoms with Gasteiger partial charge in [-0.15, -0.1) is 24.0 Å². The second kappa shape index (κ2) is 3.52. The summed E-state index contributed by atoms with van der Waals surface area (Å²) in [7, 11) is 0. The van der Waals surface area contributed by atoms with Crippen molar-refractivity contribution in [2.24, 2.45) is 0 Å². The standard InChI is InChI=1S/C10H8N2S2/c11-4-3-6-8(13)1-2-9-10(6)7(12)5-14-9/h1-2,5,13H,3,12H2. The highest BCUT2D eigenvalue weighted by molar-refractivity contribution is 7.80. The van der Waals surface area contributed by atoms with E-state index in [2.05, 4.69) is 18.7 Å². The molecule has 0 bridgehead atoms. The lowest BCUT2D eigenvalue weighted by atomic mass is 10.1. The Kier molecular flexibility index (Phi) is 2.36. The summed E-state index contributed by atoms with van der Waals surface area (Å²) in [5, 5.41) is 11.6. The van der Waals surface area contributed by atoms with E-state index in [-0.39, 0.29) is 0 Å². The first-order chi connectivity index (χ1) is 6.74. The summed E-state index contributed by atoms with van der Waals surface area (Å²) in [5.74, 6) is 0. The van der Waals surface area contributed by atoms with E-state index in [0.29, 0.717) is 6.42 Å². The molecule has 0 unspecified atom stereocenters. The van der Waals surface area contributed by atoms with Crippen LogP contribution >= 0.6 is 24.0 Å². The van der Waals surface area contributed by atoms with E-state index in [0.717, 1.165) is 26.2 Å². The number of nitriles is 1. The van der Waals surface area contributed by atoms with Crippen LogP contribution in [0.5, 0.6) is 0 Å². The van der Waals surface area contributed by atoms with Gasteiger partial charge >= 0.3 is 0 Å². The van der Waals surface area contributed by atoms with Crippen LogP contribution in [0.1, 0.15) is 5.56 Å². The Morgan fingerprint density at radius 2 is 2.29 bits per heavy atom. The van der Waals surface area contributed by atoms with E-state index in [4.69, 9.17) is 11.0 Å². The number of nitrogens with two attached hydrogens (primary N) is 1. The van der Waals surface area contributed by atoms with Crippen molar-refractivity contribution < 1.29 is 0 Å². The van der Waals surface area contributed by atoms with Gasteiger partial charge in [-0.25, -0.2) is 0 Å². The fraction of sp³-hybridized carbons (Fsp3) is 0.100. The molecule has 1 heterocycles. The van der Waals surface area contributed by atoms with Crippen LogP contribution in [0.25, 0.3) is 10.1 Å². The molecule has 1 aromatic carbocycles. The van der Waals surface area contributed by atoms with Crippen LogP contribution < -0.4 is 5.73 Å². The van der Waals surface area contributed by atoms with Gasteiger partial charge in [0.25, 0.3) is 0 Å². The maximum atomic E-state index is 8.71. The summed E-state index contributed by atoms with van der Waals surface area (Å²) in [4.78, 5) is 0.837. The molecule has 70 valence electrons. The van der Waals surface area contributed by atoms with Crippen molar-refractivity contribution in [3.8, 4) is 6.07 Å². The minimum Gasteiger partial charge on any atom is -0.398 e. The molecule has 0 saturated heterocycles. The van der Waals surface area contributed by atoms with Crippen molar-refractivity contribution in [2.75, 3.05) is 5.73 Å². The fourth-order valence-corrected chi connectivity index (χ4v) is 2.62. The molecule has 0 aliphatic carbocycles. The van der Waals surface area contributed by atoms with E-state index in [1.54, 1.807) is 11.3 Å². The molecule has 0 aliphatic heterocycles. The molecule has 2 rings (SSSR count). The topological polar surface area (TPSA) is 49.8 Å². The van der Waals surface area contributed by atoms with Crippen molar-refractivity contribution in [1.82, 2.24) is 0 Å². The van der Waals surface area contributed by atoms with Crippen LogP contribution in [-0.2, 0) is 6.42 Å². The van der Waals surface area contributed by atoms with Gasteiger partial charge in [-0.3, -0.25) is 0 Å². The quantitative estimate of drug-likeness (QED) is 0.726. The number of anilines is 1. The SMILES string of the molecule is N#CCc1c(S)ccc2scc(N)c12. The maximum Gasteiger partial charge on any atom is 0.0670 e. The zero-order valence-corrected chi connectivity index (χ0v) is 9.03. The van der Waals surface area contributed by atoms with Gasteiger partial charge in [0.1, 0.15) is 0 Å². The highest BCUT2D eigenvalue weighted by Gasteiger charge is 2.09. The molecule has 1 aromatic heterocycles. The molecule has 2 nitrogen and oxygen atoms in total. The number of benzene rings is 1. The summed E-state index contributed by atoms with van der Waals surface area (Å²) in [6.45, 7) is 0. The number of hydrogen-bond acceptors (Lipinski definition) is 4. The molecule has 0 aliphatic rings. The van der Waals surface area contributed by atoms with Crippen molar-refractivity contribution in [2.45, 2.75) is 11.3 Å². The molecular formula is C10H8N2S2. The zero-order valence-electron chi connectivity index (χ0n) is 7.32. The van der Waals surface area contributed by atoms with Crippen LogP contribution in [0.3, 0.4) is 0 Å². The number of fused-ring (bicyclic) bond motifs is 1. The highest BCUT2D eigenvalue weighted by atomic mass is 32.1. The van der Waals surface area contributed by atoms with Gasteiger partial charge in [-0.1, -0.05) is 0 Å². The van der Waals surface area contributed by atoms with Gasteiger partial charge in [0.15, 0.2) is 0 Å². The summed E-state index contributed by atoms with van der Waals surface area (Å²) in [6, 6.07) is 6.03. The Balaban J connectivity index is 2.81. The number of hydrogen-bond donors (Lipinski definition) is 2.